The van der Waals surface area contributed by atoms with Crippen LogP contribution in [0, 0.1) is 0 Å². The van der Waals surface area contributed by atoms with Gasteiger partial charge in [-0.25, -0.2) is 4.98 Å². The molecule has 1 saturated heterocycles. The number of aromatic nitrogens is 1. The summed E-state index contributed by atoms with van der Waals surface area (Å²) in [5.74, 6) is 0.437. The molecule has 0 bridgehead atoms. The van der Waals surface area contributed by atoms with Crippen LogP contribution in [0.4, 0.5) is 19.0 Å². The van der Waals surface area contributed by atoms with Gasteiger partial charge in [-0.2, -0.15) is 13.2 Å². The fraction of sp³-hybridized carbons (Fsp3) is 0.583. The fourth-order valence-electron chi connectivity index (χ4n) is 2.19. The molecule has 0 spiro atoms. The van der Waals surface area contributed by atoms with Gasteiger partial charge in [0.2, 0.25) is 0 Å². The molecule has 17 heavy (non-hydrogen) atoms. The normalized spacial score (nSPS) is 21.6. The molecule has 0 saturated carbocycles. The number of nitrogens with zero attached hydrogens (tertiary/aromatic N) is 2. The summed E-state index contributed by atoms with van der Waals surface area (Å²) in [5.41, 5.74) is -0.625. The van der Waals surface area contributed by atoms with Crippen LogP contribution in [0.5, 0.6) is 0 Å². The van der Waals surface area contributed by atoms with E-state index in [0.29, 0.717) is 5.82 Å². The molecule has 1 aromatic heterocycles. The number of halogens is 3. The van der Waals surface area contributed by atoms with Gasteiger partial charge in [0.1, 0.15) is 5.82 Å². The molecule has 2 rings (SSSR count). The van der Waals surface area contributed by atoms with Gasteiger partial charge in [-0.05, 0) is 38.3 Å². The van der Waals surface area contributed by atoms with Crippen LogP contribution in [0.15, 0.2) is 18.3 Å². The largest absolute Gasteiger partial charge is 0.416 e. The highest BCUT2D eigenvalue weighted by molar-refractivity contribution is 5.43. The maximum absolute atomic E-state index is 12.6. The Morgan fingerprint density at radius 1 is 1.35 bits per heavy atom. The van der Waals surface area contributed by atoms with E-state index in [4.69, 9.17) is 0 Å². The van der Waals surface area contributed by atoms with Gasteiger partial charge in [0.05, 0.1) is 5.56 Å². The average Bonchev–Trinajstić information content (AvgIpc) is 2.29. The number of rotatable bonds is 1. The van der Waals surface area contributed by atoms with Crippen molar-refractivity contribution in [2.75, 3.05) is 11.4 Å². The monoisotopic (exact) mass is 244 g/mol. The van der Waals surface area contributed by atoms with Crippen LogP contribution in [0.3, 0.4) is 0 Å². The molecular weight excluding hydrogens is 229 g/mol. The van der Waals surface area contributed by atoms with Gasteiger partial charge < -0.3 is 4.90 Å². The van der Waals surface area contributed by atoms with Crippen LogP contribution in [0.2, 0.25) is 0 Å². The minimum absolute atomic E-state index is 0.264. The second-order valence-electron chi connectivity index (χ2n) is 4.44. The standard InChI is InChI=1S/C12H15F3N2/c1-9-4-2-3-7-17(9)11-8-10(5-6-16-11)12(13,14)15/h5-6,8-9H,2-4,7H2,1H3. The molecule has 94 valence electrons. The van der Waals surface area contributed by atoms with Crippen LogP contribution in [-0.4, -0.2) is 17.6 Å². The highest BCUT2D eigenvalue weighted by atomic mass is 19.4. The molecule has 1 aliphatic rings. The first-order valence-corrected chi connectivity index (χ1v) is 5.78. The quantitative estimate of drug-likeness (QED) is 0.751. The minimum Gasteiger partial charge on any atom is -0.354 e. The van der Waals surface area contributed by atoms with Gasteiger partial charge in [0, 0.05) is 18.8 Å². The zero-order valence-corrected chi connectivity index (χ0v) is 9.67. The number of pyridine rings is 1. The lowest BCUT2D eigenvalue weighted by atomic mass is 10.0. The van der Waals surface area contributed by atoms with E-state index in [0.717, 1.165) is 37.9 Å². The van der Waals surface area contributed by atoms with Gasteiger partial charge in [0.15, 0.2) is 0 Å². The van der Waals surface area contributed by atoms with Gasteiger partial charge in [-0.3, -0.25) is 0 Å². The second-order valence-corrected chi connectivity index (χ2v) is 4.44. The van der Waals surface area contributed by atoms with E-state index >= 15 is 0 Å². The maximum Gasteiger partial charge on any atom is 0.416 e. The molecule has 1 atom stereocenters. The molecule has 1 fully saturated rings. The summed E-state index contributed by atoms with van der Waals surface area (Å²) < 4.78 is 37.8. The van der Waals surface area contributed by atoms with E-state index in [-0.39, 0.29) is 6.04 Å². The molecule has 0 aromatic carbocycles. The first-order chi connectivity index (χ1) is 7.98. The van der Waals surface area contributed by atoms with Crippen molar-refractivity contribution < 1.29 is 13.2 Å². The molecule has 1 aliphatic heterocycles. The number of alkyl halides is 3. The van der Waals surface area contributed by atoms with Crippen molar-refractivity contribution >= 4 is 5.82 Å². The summed E-state index contributed by atoms with van der Waals surface area (Å²) in [6.45, 7) is 2.82. The molecule has 0 aliphatic carbocycles. The molecule has 0 radical (unpaired) electrons. The lowest BCUT2D eigenvalue weighted by Crippen LogP contribution is -2.38. The Morgan fingerprint density at radius 2 is 2.12 bits per heavy atom. The summed E-state index contributed by atoms with van der Waals surface area (Å²) >= 11 is 0. The predicted octanol–water partition coefficient (Wildman–Crippen LogP) is 3.48. The topological polar surface area (TPSA) is 16.1 Å². The zero-order chi connectivity index (χ0) is 12.5. The van der Waals surface area contributed by atoms with Gasteiger partial charge >= 0.3 is 6.18 Å². The van der Waals surface area contributed by atoms with E-state index in [9.17, 15) is 13.2 Å². The zero-order valence-electron chi connectivity index (χ0n) is 9.67. The van der Waals surface area contributed by atoms with Crippen molar-refractivity contribution in [2.45, 2.75) is 38.4 Å². The van der Waals surface area contributed by atoms with Crippen LogP contribution >= 0.6 is 0 Å². The highest BCUT2D eigenvalue weighted by Crippen LogP contribution is 2.32. The summed E-state index contributed by atoms with van der Waals surface area (Å²) in [5, 5.41) is 0. The fourth-order valence-corrected chi connectivity index (χ4v) is 2.19. The van der Waals surface area contributed by atoms with Gasteiger partial charge in [-0.1, -0.05) is 0 Å². The SMILES string of the molecule is CC1CCCCN1c1cc(C(F)(F)F)ccn1. The van der Waals surface area contributed by atoms with Crippen molar-refractivity contribution in [3.05, 3.63) is 23.9 Å². The first kappa shape index (κ1) is 12.2. The third kappa shape index (κ3) is 2.70. The smallest absolute Gasteiger partial charge is 0.354 e. The maximum atomic E-state index is 12.6. The molecule has 0 N–H and O–H groups in total. The first-order valence-electron chi connectivity index (χ1n) is 5.78. The molecule has 2 heterocycles. The Hall–Kier alpha value is -1.26. The van der Waals surface area contributed by atoms with Crippen LogP contribution in [0.1, 0.15) is 31.7 Å². The summed E-state index contributed by atoms with van der Waals surface area (Å²) in [6.07, 6.45) is 0.104. The number of piperidine rings is 1. The molecular formula is C12H15F3N2. The van der Waals surface area contributed by atoms with E-state index in [1.54, 1.807) is 0 Å². The number of anilines is 1. The van der Waals surface area contributed by atoms with Crippen molar-refractivity contribution in [3.63, 3.8) is 0 Å². The Kier molecular flexibility index (Phi) is 3.26. The van der Waals surface area contributed by atoms with Crippen LogP contribution in [0.25, 0.3) is 0 Å². The Morgan fingerprint density at radius 3 is 2.76 bits per heavy atom. The summed E-state index contributed by atoms with van der Waals surface area (Å²) in [4.78, 5) is 6.01. The Balaban J connectivity index is 2.26. The van der Waals surface area contributed by atoms with Crippen LogP contribution < -0.4 is 4.90 Å². The molecule has 2 nitrogen and oxygen atoms in total. The number of hydrogen-bond donors (Lipinski definition) is 0. The molecule has 0 amide bonds. The van der Waals surface area contributed by atoms with E-state index < -0.39 is 11.7 Å². The number of hydrogen-bond acceptors (Lipinski definition) is 2. The Labute approximate surface area is 98.5 Å². The van der Waals surface area contributed by atoms with Gasteiger partial charge in [-0.15, -0.1) is 0 Å². The van der Waals surface area contributed by atoms with E-state index in [1.165, 1.54) is 6.20 Å². The average molecular weight is 244 g/mol. The third-order valence-electron chi connectivity index (χ3n) is 3.17. The molecule has 1 unspecified atom stereocenters. The predicted molar refractivity (Wildman–Crippen MR) is 59.9 cm³/mol. The van der Waals surface area contributed by atoms with Gasteiger partial charge in [0.25, 0.3) is 0 Å². The lowest BCUT2D eigenvalue weighted by Gasteiger charge is -2.34. The van der Waals surface area contributed by atoms with Crippen molar-refractivity contribution in [3.8, 4) is 0 Å². The third-order valence-corrected chi connectivity index (χ3v) is 3.17. The molecule has 1 aromatic rings. The Bertz CT molecular complexity index is 390. The molecule has 5 heteroatoms. The van der Waals surface area contributed by atoms with Crippen molar-refractivity contribution in [2.24, 2.45) is 0 Å². The minimum atomic E-state index is -4.29. The second kappa shape index (κ2) is 4.55. The van der Waals surface area contributed by atoms with E-state index in [1.807, 2.05) is 11.8 Å². The van der Waals surface area contributed by atoms with Crippen molar-refractivity contribution in [1.29, 1.82) is 0 Å². The summed E-state index contributed by atoms with van der Waals surface area (Å²) in [7, 11) is 0. The lowest BCUT2D eigenvalue weighted by molar-refractivity contribution is -0.137. The highest BCUT2D eigenvalue weighted by Gasteiger charge is 2.31. The van der Waals surface area contributed by atoms with Crippen LogP contribution in [-0.2, 0) is 6.18 Å². The van der Waals surface area contributed by atoms with E-state index in [2.05, 4.69) is 4.98 Å². The summed E-state index contributed by atoms with van der Waals surface area (Å²) in [6, 6.07) is 2.42. The van der Waals surface area contributed by atoms with Crippen molar-refractivity contribution in [1.82, 2.24) is 4.98 Å².